The molecule has 0 aliphatic rings. The van der Waals surface area contributed by atoms with Crippen LogP contribution >= 0.6 is 0 Å². The molecule has 7 heteroatoms. The molecule has 152 valence electrons. The molecule has 5 N–H and O–H groups in total. The minimum Gasteiger partial charge on any atom is -0.382 e. The van der Waals surface area contributed by atoms with Crippen LogP contribution < -0.4 is 21.7 Å². The topological polar surface area (TPSA) is 96.6 Å². The number of benzene rings is 1. The summed E-state index contributed by atoms with van der Waals surface area (Å²) in [6, 6.07) is 6.46. The Kier molecular flexibility index (Phi) is 8.87. The number of ether oxygens (including phenoxy) is 1. The van der Waals surface area contributed by atoms with E-state index in [-0.39, 0.29) is 0 Å². The summed E-state index contributed by atoms with van der Waals surface area (Å²) in [6.07, 6.45) is 3.51. The summed E-state index contributed by atoms with van der Waals surface area (Å²) >= 11 is 0. The average molecular weight is 385 g/mol. The van der Waals surface area contributed by atoms with Crippen molar-refractivity contribution in [2.75, 3.05) is 44.0 Å². The van der Waals surface area contributed by atoms with Gasteiger partial charge >= 0.3 is 0 Å². The van der Waals surface area contributed by atoms with E-state index in [9.17, 15) is 0 Å². The second-order valence-corrected chi connectivity index (χ2v) is 6.63. The molecule has 0 aliphatic carbocycles. The van der Waals surface area contributed by atoms with Gasteiger partial charge in [-0.25, -0.2) is 4.98 Å². The van der Waals surface area contributed by atoms with E-state index < -0.39 is 0 Å². The highest BCUT2D eigenvalue weighted by Gasteiger charge is 2.13. The number of hydrogen-bond donors (Lipinski definition) is 4. The highest BCUT2D eigenvalue weighted by molar-refractivity contribution is 6.02. The number of hydrogen-bond acceptors (Lipinski definition) is 7. The van der Waals surface area contributed by atoms with Crippen molar-refractivity contribution in [1.82, 2.24) is 15.6 Å². The van der Waals surface area contributed by atoms with Crippen molar-refractivity contribution < 1.29 is 4.74 Å². The average Bonchev–Trinajstić information content (AvgIpc) is 2.68. The Labute approximate surface area is 167 Å². The molecule has 0 spiro atoms. The van der Waals surface area contributed by atoms with Gasteiger partial charge < -0.3 is 26.4 Å². The molecule has 0 amide bonds. The number of fused-ring (bicyclic) bond motifs is 1. The van der Waals surface area contributed by atoms with E-state index in [2.05, 4.69) is 46.4 Å². The number of nitrogens with one attached hydrogen (secondary N) is 3. The molecule has 1 heterocycles. The molecule has 2 aromatic rings. The molecule has 0 saturated heterocycles. The lowest BCUT2D eigenvalue weighted by molar-refractivity contribution is 0.190. The molecule has 0 saturated carbocycles. The molecule has 0 atom stereocenters. The number of anilines is 2. The fraction of sp³-hybridized carbons (Fsp3) is 0.429. The van der Waals surface area contributed by atoms with Gasteiger partial charge in [-0.1, -0.05) is 24.8 Å². The molecule has 1 aromatic carbocycles. The second-order valence-electron chi connectivity index (χ2n) is 6.63. The Morgan fingerprint density at radius 3 is 2.86 bits per heavy atom. The lowest BCUT2D eigenvalue weighted by Gasteiger charge is -2.15. The number of pyridine rings is 1. The first-order chi connectivity index (χ1) is 13.6. The minimum atomic E-state index is 0.387. The maximum atomic E-state index is 6.22. The molecule has 0 aliphatic heterocycles. The standard InChI is InChI=1S/C21H32N6O/c1-5-16-7-8-17-18(13-16)27-21(22)20(25-11-12-28-6-2)19(17)24-10-9-23-14-26-15(3)4/h5,7-8,11,13,15,23,26H,1,6,9-10,12,14H2,2-4H3,(H3,22,24,27). The summed E-state index contributed by atoms with van der Waals surface area (Å²) in [4.78, 5) is 9.05. The van der Waals surface area contributed by atoms with Crippen LogP contribution in [0.5, 0.6) is 0 Å². The zero-order valence-electron chi connectivity index (χ0n) is 17.1. The van der Waals surface area contributed by atoms with Crippen LogP contribution in [0, 0.1) is 0 Å². The summed E-state index contributed by atoms with van der Waals surface area (Å²) in [5, 5.41) is 11.1. The van der Waals surface area contributed by atoms with Gasteiger partial charge in [0, 0.05) is 44.0 Å². The maximum Gasteiger partial charge on any atom is 0.152 e. The van der Waals surface area contributed by atoms with Crippen LogP contribution in [-0.2, 0) is 4.74 Å². The van der Waals surface area contributed by atoms with Gasteiger partial charge in [0.05, 0.1) is 17.8 Å². The van der Waals surface area contributed by atoms with E-state index >= 15 is 0 Å². The monoisotopic (exact) mass is 384 g/mol. The van der Waals surface area contributed by atoms with E-state index in [1.807, 2.05) is 25.1 Å². The van der Waals surface area contributed by atoms with Gasteiger partial charge in [-0.15, -0.1) is 0 Å². The van der Waals surface area contributed by atoms with Crippen molar-refractivity contribution >= 4 is 40.4 Å². The molecule has 0 fully saturated rings. The van der Waals surface area contributed by atoms with Gasteiger partial charge in [0.2, 0.25) is 0 Å². The predicted molar refractivity (Wildman–Crippen MR) is 121 cm³/mol. The van der Waals surface area contributed by atoms with E-state index in [1.165, 1.54) is 0 Å². The lowest BCUT2D eigenvalue weighted by atomic mass is 10.1. The van der Waals surface area contributed by atoms with Crippen molar-refractivity contribution in [1.29, 1.82) is 0 Å². The highest BCUT2D eigenvalue weighted by atomic mass is 16.5. The highest BCUT2D eigenvalue weighted by Crippen LogP contribution is 2.37. The molecule has 0 unspecified atom stereocenters. The van der Waals surface area contributed by atoms with Crippen molar-refractivity contribution in [3.63, 3.8) is 0 Å². The fourth-order valence-electron chi connectivity index (χ4n) is 2.67. The summed E-state index contributed by atoms with van der Waals surface area (Å²) in [6.45, 7) is 13.4. The molecule has 1 aromatic heterocycles. The molecular formula is C21H32N6O. The number of rotatable bonds is 12. The van der Waals surface area contributed by atoms with Crippen LogP contribution in [0.2, 0.25) is 0 Å². The Morgan fingerprint density at radius 1 is 1.32 bits per heavy atom. The quantitative estimate of drug-likeness (QED) is 0.255. The Hall–Kier alpha value is -2.48. The third-order valence-corrected chi connectivity index (χ3v) is 4.10. The first-order valence-electron chi connectivity index (χ1n) is 9.70. The van der Waals surface area contributed by atoms with Crippen molar-refractivity contribution in [3.05, 3.63) is 30.3 Å². The lowest BCUT2D eigenvalue weighted by Crippen LogP contribution is -2.35. The molecule has 2 rings (SSSR count). The summed E-state index contributed by atoms with van der Waals surface area (Å²) in [7, 11) is 0. The first-order valence-corrected chi connectivity index (χ1v) is 9.70. The Morgan fingerprint density at radius 2 is 2.14 bits per heavy atom. The summed E-state index contributed by atoms with van der Waals surface area (Å²) in [5.41, 5.74) is 9.55. The van der Waals surface area contributed by atoms with Crippen LogP contribution in [-0.4, -0.2) is 50.2 Å². The Balaban J connectivity index is 2.23. The van der Waals surface area contributed by atoms with Gasteiger partial charge in [0.15, 0.2) is 5.82 Å². The molecular weight excluding hydrogens is 352 g/mol. The molecule has 0 radical (unpaired) electrons. The van der Waals surface area contributed by atoms with Crippen LogP contribution in [0.1, 0.15) is 26.3 Å². The van der Waals surface area contributed by atoms with Gasteiger partial charge in [-0.3, -0.25) is 4.99 Å². The summed E-state index contributed by atoms with van der Waals surface area (Å²) in [5.74, 6) is 0.387. The zero-order chi connectivity index (χ0) is 20.4. The van der Waals surface area contributed by atoms with Crippen LogP contribution in [0.3, 0.4) is 0 Å². The van der Waals surface area contributed by atoms with Gasteiger partial charge in [0.25, 0.3) is 0 Å². The van der Waals surface area contributed by atoms with E-state index in [1.54, 1.807) is 12.3 Å². The number of aromatic nitrogens is 1. The number of nitrogens with zero attached hydrogens (tertiary/aromatic N) is 2. The largest absolute Gasteiger partial charge is 0.382 e. The zero-order valence-corrected chi connectivity index (χ0v) is 17.1. The van der Waals surface area contributed by atoms with Gasteiger partial charge in [0.1, 0.15) is 5.69 Å². The molecule has 7 nitrogen and oxygen atoms in total. The van der Waals surface area contributed by atoms with Gasteiger partial charge in [-0.2, -0.15) is 0 Å². The first kappa shape index (κ1) is 21.8. The van der Waals surface area contributed by atoms with Crippen molar-refractivity contribution in [2.45, 2.75) is 26.8 Å². The number of aliphatic imine (C=N–C) groups is 1. The van der Waals surface area contributed by atoms with Crippen LogP contribution in [0.15, 0.2) is 29.8 Å². The summed E-state index contributed by atoms with van der Waals surface area (Å²) < 4.78 is 5.34. The van der Waals surface area contributed by atoms with Crippen molar-refractivity contribution in [3.8, 4) is 0 Å². The molecule has 0 bridgehead atoms. The van der Waals surface area contributed by atoms with Crippen LogP contribution in [0.4, 0.5) is 17.2 Å². The number of nitrogen functional groups attached to an aromatic ring is 1. The van der Waals surface area contributed by atoms with Crippen LogP contribution in [0.25, 0.3) is 17.0 Å². The third-order valence-electron chi connectivity index (χ3n) is 4.10. The van der Waals surface area contributed by atoms with E-state index in [4.69, 9.17) is 10.5 Å². The Bertz CT molecular complexity index is 803. The SMILES string of the molecule is C=Cc1ccc2c(NCCNCNC(C)C)c(N=CCOCC)c(N)nc2c1. The van der Waals surface area contributed by atoms with Crippen molar-refractivity contribution in [2.24, 2.45) is 4.99 Å². The maximum absolute atomic E-state index is 6.22. The molecule has 28 heavy (non-hydrogen) atoms. The second kappa shape index (κ2) is 11.4. The van der Waals surface area contributed by atoms with E-state index in [0.29, 0.717) is 30.8 Å². The fourth-order valence-corrected chi connectivity index (χ4v) is 2.67. The normalized spacial score (nSPS) is 11.6. The third kappa shape index (κ3) is 6.30. The number of nitrogens with two attached hydrogens (primary N) is 1. The predicted octanol–water partition coefficient (Wildman–Crippen LogP) is 3.16. The minimum absolute atomic E-state index is 0.387. The van der Waals surface area contributed by atoms with E-state index in [0.717, 1.165) is 41.9 Å². The van der Waals surface area contributed by atoms with Gasteiger partial charge in [-0.05, 0) is 32.4 Å². The smallest absolute Gasteiger partial charge is 0.152 e.